The van der Waals surface area contributed by atoms with Gasteiger partial charge < -0.3 is 10.4 Å². The summed E-state index contributed by atoms with van der Waals surface area (Å²) in [6.45, 7) is 0.211. The molecule has 0 unspecified atom stereocenters. The van der Waals surface area contributed by atoms with Crippen molar-refractivity contribution in [2.24, 2.45) is 0 Å². The van der Waals surface area contributed by atoms with E-state index in [0.717, 1.165) is 0 Å². The molecule has 0 rings (SSSR count). The Labute approximate surface area is 63.2 Å². The van der Waals surface area contributed by atoms with Gasteiger partial charge in [-0.2, -0.15) is 0 Å². The van der Waals surface area contributed by atoms with Crippen LogP contribution < -0.4 is 10.8 Å². The SMILES string of the molecule is O=C(O)NCCCC(=O)NO. The summed E-state index contributed by atoms with van der Waals surface area (Å²) in [4.78, 5) is 20.2. The monoisotopic (exact) mass is 162 g/mol. The van der Waals surface area contributed by atoms with Crippen LogP contribution in [0.1, 0.15) is 12.8 Å². The van der Waals surface area contributed by atoms with Gasteiger partial charge in [-0.1, -0.05) is 0 Å². The predicted octanol–water partition coefficient (Wildman–Crippen LogP) is -0.460. The van der Waals surface area contributed by atoms with E-state index in [4.69, 9.17) is 10.3 Å². The highest BCUT2D eigenvalue weighted by atomic mass is 16.5. The number of carboxylic acid groups (broad SMARTS) is 1. The Hall–Kier alpha value is -1.30. The van der Waals surface area contributed by atoms with Crippen LogP contribution in [0.15, 0.2) is 0 Å². The van der Waals surface area contributed by atoms with Crippen molar-refractivity contribution in [2.45, 2.75) is 12.8 Å². The van der Waals surface area contributed by atoms with Crippen molar-refractivity contribution in [3.8, 4) is 0 Å². The largest absolute Gasteiger partial charge is 0.465 e. The maximum absolute atomic E-state index is 10.3. The van der Waals surface area contributed by atoms with Crippen LogP contribution in [0, 0.1) is 0 Å². The molecule has 6 heteroatoms. The van der Waals surface area contributed by atoms with E-state index in [-0.39, 0.29) is 13.0 Å². The number of hydrogen-bond donors (Lipinski definition) is 4. The molecule has 0 saturated heterocycles. The molecule has 2 amide bonds. The minimum atomic E-state index is -1.12. The first-order valence-corrected chi connectivity index (χ1v) is 3.06. The van der Waals surface area contributed by atoms with Crippen molar-refractivity contribution in [3.05, 3.63) is 0 Å². The standard InChI is InChI=1S/C5H10N2O4/c8-4(7-11)2-1-3-6-5(9)10/h6,11H,1-3H2,(H,7,8)(H,9,10). The maximum atomic E-state index is 10.3. The topological polar surface area (TPSA) is 98.7 Å². The molecule has 0 spiro atoms. The summed E-state index contributed by atoms with van der Waals surface area (Å²) in [6.07, 6.45) is -0.635. The highest BCUT2D eigenvalue weighted by molar-refractivity contribution is 5.74. The first-order valence-electron chi connectivity index (χ1n) is 3.06. The van der Waals surface area contributed by atoms with Crippen LogP contribution in [0.2, 0.25) is 0 Å². The zero-order valence-electron chi connectivity index (χ0n) is 5.83. The molecule has 6 nitrogen and oxygen atoms in total. The Balaban J connectivity index is 3.14. The van der Waals surface area contributed by atoms with Crippen molar-refractivity contribution in [3.63, 3.8) is 0 Å². The third kappa shape index (κ3) is 6.59. The molecule has 0 fully saturated rings. The van der Waals surface area contributed by atoms with E-state index in [1.807, 2.05) is 0 Å². The minimum absolute atomic E-state index is 0.108. The van der Waals surface area contributed by atoms with Gasteiger partial charge in [-0.25, -0.2) is 10.3 Å². The number of rotatable bonds is 4. The van der Waals surface area contributed by atoms with Crippen molar-refractivity contribution < 1.29 is 19.9 Å². The molecule has 0 aromatic rings. The molecule has 0 bridgehead atoms. The maximum Gasteiger partial charge on any atom is 0.404 e. The van der Waals surface area contributed by atoms with Crippen LogP contribution in [0.4, 0.5) is 4.79 Å². The molecular weight excluding hydrogens is 152 g/mol. The van der Waals surface area contributed by atoms with E-state index in [0.29, 0.717) is 6.42 Å². The molecule has 0 heterocycles. The summed E-state index contributed by atoms with van der Waals surface area (Å²) in [5, 5.41) is 18.2. The second-order valence-corrected chi connectivity index (χ2v) is 1.87. The van der Waals surface area contributed by atoms with Gasteiger partial charge >= 0.3 is 6.09 Å². The van der Waals surface area contributed by atoms with Gasteiger partial charge in [0, 0.05) is 13.0 Å². The first-order chi connectivity index (χ1) is 5.16. The number of carbonyl (C=O) groups excluding carboxylic acids is 1. The zero-order chi connectivity index (χ0) is 8.69. The Morgan fingerprint density at radius 1 is 1.36 bits per heavy atom. The van der Waals surface area contributed by atoms with Crippen molar-refractivity contribution >= 4 is 12.0 Å². The molecule has 0 aromatic heterocycles. The molecule has 11 heavy (non-hydrogen) atoms. The summed E-state index contributed by atoms with van der Waals surface area (Å²) in [6, 6.07) is 0. The molecule has 0 aliphatic rings. The van der Waals surface area contributed by atoms with Gasteiger partial charge in [-0.3, -0.25) is 10.0 Å². The van der Waals surface area contributed by atoms with Gasteiger partial charge in [0.25, 0.3) is 0 Å². The molecule has 0 radical (unpaired) electrons. The normalized spacial score (nSPS) is 8.82. The lowest BCUT2D eigenvalue weighted by atomic mass is 10.3. The van der Waals surface area contributed by atoms with E-state index in [1.165, 1.54) is 5.48 Å². The van der Waals surface area contributed by atoms with E-state index in [9.17, 15) is 9.59 Å². The van der Waals surface area contributed by atoms with Crippen LogP contribution >= 0.6 is 0 Å². The smallest absolute Gasteiger partial charge is 0.404 e. The van der Waals surface area contributed by atoms with Gasteiger partial charge in [0.1, 0.15) is 0 Å². The predicted molar refractivity (Wildman–Crippen MR) is 35.2 cm³/mol. The van der Waals surface area contributed by atoms with E-state index >= 15 is 0 Å². The summed E-state index contributed by atoms with van der Waals surface area (Å²) < 4.78 is 0. The average molecular weight is 162 g/mol. The summed E-state index contributed by atoms with van der Waals surface area (Å²) in [7, 11) is 0. The lowest BCUT2D eigenvalue weighted by Gasteiger charge is -1.98. The molecular formula is C5H10N2O4. The number of carbonyl (C=O) groups is 2. The number of nitrogens with one attached hydrogen (secondary N) is 2. The van der Waals surface area contributed by atoms with Gasteiger partial charge in [-0.05, 0) is 6.42 Å². The lowest BCUT2D eigenvalue weighted by molar-refractivity contribution is -0.129. The number of hydroxylamine groups is 1. The van der Waals surface area contributed by atoms with E-state index < -0.39 is 12.0 Å². The molecule has 0 aliphatic carbocycles. The van der Waals surface area contributed by atoms with Crippen LogP contribution in [-0.4, -0.2) is 28.9 Å². The Bertz CT molecular complexity index is 147. The fourth-order valence-corrected chi connectivity index (χ4v) is 0.500. The zero-order valence-corrected chi connectivity index (χ0v) is 5.83. The third-order valence-electron chi connectivity index (χ3n) is 0.982. The second kappa shape index (κ2) is 5.48. The summed E-state index contributed by atoms with van der Waals surface area (Å²) >= 11 is 0. The number of hydrogen-bond acceptors (Lipinski definition) is 3. The van der Waals surface area contributed by atoms with E-state index in [2.05, 4.69) is 5.32 Å². The van der Waals surface area contributed by atoms with Gasteiger partial charge in [0.15, 0.2) is 0 Å². The molecule has 0 aliphatic heterocycles. The van der Waals surface area contributed by atoms with Crippen molar-refractivity contribution in [1.29, 1.82) is 0 Å². The summed E-state index contributed by atoms with van der Waals surface area (Å²) in [5.41, 5.74) is 1.44. The van der Waals surface area contributed by atoms with Crippen LogP contribution in [0.3, 0.4) is 0 Å². The van der Waals surface area contributed by atoms with Gasteiger partial charge in [0.2, 0.25) is 5.91 Å². The number of amides is 2. The highest BCUT2D eigenvalue weighted by Gasteiger charge is 1.98. The molecule has 4 N–H and O–H groups in total. The fourth-order valence-electron chi connectivity index (χ4n) is 0.500. The van der Waals surface area contributed by atoms with E-state index in [1.54, 1.807) is 0 Å². The molecule has 64 valence electrons. The summed E-state index contributed by atoms with van der Waals surface area (Å²) in [5.74, 6) is -0.516. The Kier molecular flexibility index (Phi) is 4.83. The minimum Gasteiger partial charge on any atom is -0.465 e. The van der Waals surface area contributed by atoms with Crippen molar-refractivity contribution in [2.75, 3.05) is 6.54 Å². The quantitative estimate of drug-likeness (QED) is 0.255. The fraction of sp³-hybridized carbons (Fsp3) is 0.600. The van der Waals surface area contributed by atoms with Gasteiger partial charge in [0.05, 0.1) is 0 Å². The molecule has 0 aromatic carbocycles. The second-order valence-electron chi connectivity index (χ2n) is 1.87. The van der Waals surface area contributed by atoms with Crippen LogP contribution in [0.5, 0.6) is 0 Å². The first kappa shape index (κ1) is 9.70. The molecule has 0 atom stereocenters. The highest BCUT2D eigenvalue weighted by Crippen LogP contribution is 1.85. The Morgan fingerprint density at radius 3 is 2.45 bits per heavy atom. The van der Waals surface area contributed by atoms with Gasteiger partial charge in [-0.15, -0.1) is 0 Å². The third-order valence-corrected chi connectivity index (χ3v) is 0.982. The van der Waals surface area contributed by atoms with Crippen LogP contribution in [0.25, 0.3) is 0 Å². The Morgan fingerprint density at radius 2 is 2.00 bits per heavy atom. The lowest BCUT2D eigenvalue weighted by Crippen LogP contribution is -2.24. The average Bonchev–Trinajstić information content (AvgIpc) is 1.97. The van der Waals surface area contributed by atoms with Crippen molar-refractivity contribution in [1.82, 2.24) is 10.8 Å². The van der Waals surface area contributed by atoms with Crippen LogP contribution in [-0.2, 0) is 4.79 Å². The molecule has 0 saturated carbocycles.